The molecule has 0 saturated heterocycles. The third-order valence-electron chi connectivity index (χ3n) is 7.03. The van der Waals surface area contributed by atoms with Gasteiger partial charge in [-0.1, -0.05) is 71.3 Å². The molecule has 0 unspecified atom stereocenters. The van der Waals surface area contributed by atoms with E-state index in [2.05, 4.69) is 63.3 Å². The summed E-state index contributed by atoms with van der Waals surface area (Å²) >= 11 is 0. The molecule has 0 aliphatic carbocycles. The highest BCUT2D eigenvalue weighted by atomic mass is 16.5. The maximum atomic E-state index is 12.1. The van der Waals surface area contributed by atoms with Gasteiger partial charge in [-0.3, -0.25) is 0 Å². The normalized spacial score (nSPS) is 11.8. The van der Waals surface area contributed by atoms with Gasteiger partial charge in [-0.2, -0.15) is 0 Å². The topological polar surface area (TPSA) is 93.1 Å². The van der Waals surface area contributed by atoms with Crippen molar-refractivity contribution in [1.29, 1.82) is 0 Å². The molecule has 0 heterocycles. The zero-order chi connectivity index (χ0) is 30.5. The molecule has 0 bridgehead atoms. The van der Waals surface area contributed by atoms with Crippen molar-refractivity contribution in [3.63, 3.8) is 0 Å². The van der Waals surface area contributed by atoms with Crippen LogP contribution >= 0.6 is 0 Å². The van der Waals surface area contributed by atoms with Gasteiger partial charge in [0.1, 0.15) is 12.2 Å². The first-order valence-corrected chi connectivity index (χ1v) is 14.5. The molecule has 0 radical (unpaired) electrons. The van der Waals surface area contributed by atoms with Crippen LogP contribution in [0.25, 0.3) is 10.8 Å². The average molecular weight is 571 g/mol. The largest absolute Gasteiger partial charge is 0.490 e. The van der Waals surface area contributed by atoms with Crippen LogP contribution in [0.2, 0.25) is 0 Å². The van der Waals surface area contributed by atoms with Crippen LogP contribution in [0, 0.1) is 0 Å². The molecule has 3 aromatic rings. The lowest BCUT2D eigenvalue weighted by Gasteiger charge is -2.16. The van der Waals surface area contributed by atoms with Crippen LogP contribution in [0.4, 0.5) is 0 Å². The number of carbonyl (C=O) groups is 2. The van der Waals surface area contributed by atoms with Gasteiger partial charge < -0.3 is 19.7 Å². The van der Waals surface area contributed by atoms with Crippen molar-refractivity contribution in [3.8, 4) is 11.5 Å². The van der Waals surface area contributed by atoms with Gasteiger partial charge in [0.25, 0.3) is 0 Å². The Morgan fingerprint density at radius 1 is 0.762 bits per heavy atom. The van der Waals surface area contributed by atoms with E-state index in [-0.39, 0.29) is 23.7 Å². The maximum Gasteiger partial charge on any atom is 0.340 e. The Morgan fingerprint density at radius 2 is 1.45 bits per heavy atom. The monoisotopic (exact) mass is 570 g/mol. The van der Waals surface area contributed by atoms with Crippen LogP contribution in [0.15, 0.2) is 89.5 Å². The fourth-order valence-corrected chi connectivity index (χ4v) is 4.67. The number of benzene rings is 3. The van der Waals surface area contributed by atoms with E-state index in [4.69, 9.17) is 9.47 Å². The van der Waals surface area contributed by atoms with Crippen LogP contribution in [0.5, 0.6) is 11.5 Å². The Morgan fingerprint density at radius 3 is 2.14 bits per heavy atom. The quantitative estimate of drug-likeness (QED) is 0.132. The molecule has 0 spiro atoms. The van der Waals surface area contributed by atoms with E-state index in [0.29, 0.717) is 13.0 Å². The summed E-state index contributed by atoms with van der Waals surface area (Å²) < 4.78 is 11.8. The van der Waals surface area contributed by atoms with Crippen molar-refractivity contribution in [3.05, 3.63) is 106 Å². The number of rotatable bonds is 16. The fraction of sp³-hybridized carbons (Fsp3) is 0.333. The number of fused-ring (bicyclic) bond motifs is 1. The molecule has 3 rings (SSSR count). The molecule has 0 atom stereocenters. The highest BCUT2D eigenvalue weighted by Gasteiger charge is 2.25. The molecular formula is C36H42O6. The van der Waals surface area contributed by atoms with Crippen LogP contribution in [0.1, 0.15) is 86.1 Å². The van der Waals surface area contributed by atoms with Gasteiger partial charge in [-0.15, -0.1) is 0 Å². The highest BCUT2D eigenvalue weighted by Crippen LogP contribution is 2.35. The minimum atomic E-state index is -1.38. The lowest BCUT2D eigenvalue weighted by atomic mass is 10.0. The zero-order valence-corrected chi connectivity index (χ0v) is 25.1. The number of aromatic carboxylic acids is 2. The minimum Gasteiger partial charge on any atom is -0.490 e. The first kappa shape index (κ1) is 32.2. The lowest BCUT2D eigenvalue weighted by molar-refractivity contribution is 0.0647. The Hall–Kier alpha value is -4.32. The number of allylic oxidation sites excluding steroid dienone is 5. The van der Waals surface area contributed by atoms with Crippen LogP contribution in [-0.2, 0) is 6.42 Å². The molecule has 0 aliphatic rings. The summed E-state index contributed by atoms with van der Waals surface area (Å²) in [6.07, 6.45) is 11.7. The number of hydrogen-bond acceptors (Lipinski definition) is 4. The van der Waals surface area contributed by atoms with Crippen molar-refractivity contribution in [1.82, 2.24) is 0 Å². The SMILES string of the molecule is CC(C)=CCCC(C)=CCCC(C)=CCOc1c(OCCCc2ccc3ccccc3c2)ccc(C(=O)O)c1C(=O)O. The molecule has 6 nitrogen and oxygen atoms in total. The predicted octanol–water partition coefficient (Wildman–Crippen LogP) is 9.05. The summed E-state index contributed by atoms with van der Waals surface area (Å²) in [5, 5.41) is 21.8. The Bertz CT molecular complexity index is 1470. The number of carboxylic acids is 2. The van der Waals surface area contributed by atoms with E-state index in [1.165, 1.54) is 39.6 Å². The van der Waals surface area contributed by atoms with Gasteiger partial charge >= 0.3 is 11.9 Å². The first-order valence-electron chi connectivity index (χ1n) is 14.5. The van der Waals surface area contributed by atoms with Gasteiger partial charge in [0.2, 0.25) is 0 Å². The first-order chi connectivity index (χ1) is 20.2. The van der Waals surface area contributed by atoms with Gasteiger partial charge in [0.05, 0.1) is 12.2 Å². The maximum absolute atomic E-state index is 12.1. The van der Waals surface area contributed by atoms with E-state index in [1.807, 2.05) is 25.1 Å². The van der Waals surface area contributed by atoms with Crippen LogP contribution in [-0.4, -0.2) is 35.4 Å². The van der Waals surface area contributed by atoms with Gasteiger partial charge in [0, 0.05) is 0 Å². The third-order valence-corrected chi connectivity index (χ3v) is 7.03. The number of carboxylic acid groups (broad SMARTS) is 2. The number of aryl methyl sites for hydroxylation is 1. The molecule has 222 valence electrons. The van der Waals surface area contributed by atoms with Crippen molar-refractivity contribution in [2.75, 3.05) is 13.2 Å². The summed E-state index contributed by atoms with van der Waals surface area (Å²) in [5.41, 5.74) is 4.23. The predicted molar refractivity (Wildman–Crippen MR) is 169 cm³/mol. The molecule has 0 amide bonds. The van der Waals surface area contributed by atoms with E-state index in [1.54, 1.807) is 0 Å². The summed E-state index contributed by atoms with van der Waals surface area (Å²) in [6, 6.07) is 17.3. The molecule has 3 aromatic carbocycles. The summed E-state index contributed by atoms with van der Waals surface area (Å²) in [4.78, 5) is 23.9. The van der Waals surface area contributed by atoms with Gasteiger partial charge in [-0.25, -0.2) is 9.59 Å². The van der Waals surface area contributed by atoms with Crippen LogP contribution in [0.3, 0.4) is 0 Å². The standard InChI is InChI=1S/C36H42O6/c1-25(2)10-7-11-26(3)12-8-13-27(4)21-23-42-34-32(20-19-31(35(37)38)33(34)36(39)40)41-22-9-14-28-17-18-29-15-5-6-16-30(29)24-28/h5-6,10,12,15-21,24H,7-9,11,13-14,22-23H2,1-4H3,(H,37,38)(H,39,40). The third kappa shape index (κ3) is 9.95. The van der Waals surface area contributed by atoms with Crippen molar-refractivity contribution < 1.29 is 29.3 Å². The summed E-state index contributed by atoms with van der Waals surface area (Å²) in [6.45, 7) is 8.79. The summed E-state index contributed by atoms with van der Waals surface area (Å²) in [5.74, 6) is -2.55. The minimum absolute atomic E-state index is 0.0628. The molecule has 2 N–H and O–H groups in total. The second-order valence-electron chi connectivity index (χ2n) is 10.8. The molecule has 0 aromatic heterocycles. The average Bonchev–Trinajstić information content (AvgIpc) is 2.95. The molecular weight excluding hydrogens is 528 g/mol. The van der Waals surface area contributed by atoms with Crippen molar-refractivity contribution >= 4 is 22.7 Å². The molecule has 0 aliphatic heterocycles. The fourth-order valence-electron chi connectivity index (χ4n) is 4.67. The second-order valence-corrected chi connectivity index (χ2v) is 10.8. The Labute approximate surface area is 249 Å². The number of hydrogen-bond donors (Lipinski definition) is 2. The van der Waals surface area contributed by atoms with E-state index in [0.717, 1.165) is 37.7 Å². The van der Waals surface area contributed by atoms with Crippen molar-refractivity contribution in [2.45, 2.75) is 66.2 Å². The second kappa shape index (κ2) is 16.2. The van der Waals surface area contributed by atoms with E-state index < -0.39 is 17.5 Å². The molecule has 6 heteroatoms. The molecule has 42 heavy (non-hydrogen) atoms. The van der Waals surface area contributed by atoms with Crippen molar-refractivity contribution in [2.24, 2.45) is 0 Å². The number of ether oxygens (including phenoxy) is 2. The summed E-state index contributed by atoms with van der Waals surface area (Å²) in [7, 11) is 0. The highest BCUT2D eigenvalue weighted by molar-refractivity contribution is 6.04. The Balaban J connectivity index is 1.64. The molecule has 0 saturated carbocycles. The van der Waals surface area contributed by atoms with E-state index in [9.17, 15) is 19.8 Å². The lowest BCUT2D eigenvalue weighted by Crippen LogP contribution is -2.13. The molecule has 0 fully saturated rings. The van der Waals surface area contributed by atoms with Crippen LogP contribution < -0.4 is 9.47 Å². The smallest absolute Gasteiger partial charge is 0.340 e. The van der Waals surface area contributed by atoms with Gasteiger partial charge in [-0.05, 0) is 101 Å². The van der Waals surface area contributed by atoms with E-state index >= 15 is 0 Å². The zero-order valence-electron chi connectivity index (χ0n) is 25.1. The van der Waals surface area contributed by atoms with Gasteiger partial charge in [0.15, 0.2) is 11.5 Å². The Kier molecular flexibility index (Phi) is 12.4.